The zero-order valence-electron chi connectivity index (χ0n) is 11.8. The molecule has 0 aliphatic rings. The molecule has 2 rings (SSSR count). The van der Waals surface area contributed by atoms with E-state index < -0.39 is 0 Å². The quantitative estimate of drug-likeness (QED) is 0.622. The van der Waals surface area contributed by atoms with Gasteiger partial charge in [0.05, 0.1) is 6.61 Å². The zero-order chi connectivity index (χ0) is 15.2. The molecule has 1 heterocycles. The topological polar surface area (TPSA) is 95.2 Å². The smallest absolute Gasteiger partial charge is 0.330 e. The second-order valence-corrected chi connectivity index (χ2v) is 4.23. The lowest BCUT2D eigenvalue weighted by Crippen LogP contribution is -2.13. The molecule has 8 heteroatoms. The molecule has 0 amide bonds. The summed E-state index contributed by atoms with van der Waals surface area (Å²) in [7, 11) is 0. The number of hydrogen-bond acceptors (Lipinski definition) is 7. The molecule has 0 unspecified atom stereocenters. The molecule has 0 bridgehead atoms. The summed E-state index contributed by atoms with van der Waals surface area (Å²) in [5, 5.41) is 0. The molecule has 0 aliphatic carbocycles. The molecule has 0 fully saturated rings. The number of aromatic nitrogens is 3. The highest BCUT2D eigenvalue weighted by molar-refractivity contribution is 5.32. The van der Waals surface area contributed by atoms with Gasteiger partial charge in [-0.05, 0) is 25.0 Å². The summed E-state index contributed by atoms with van der Waals surface area (Å²) in [6, 6.07) is 4.52. The summed E-state index contributed by atoms with van der Waals surface area (Å²) in [4.78, 5) is 11.8. The maximum absolute atomic E-state index is 13.5. The van der Waals surface area contributed by atoms with Crippen LogP contribution < -0.4 is 20.7 Å². The Bertz CT molecular complexity index is 624. The van der Waals surface area contributed by atoms with Gasteiger partial charge >= 0.3 is 12.0 Å². The maximum Gasteiger partial charge on any atom is 0.330 e. The third-order valence-electron chi connectivity index (χ3n) is 2.51. The van der Waals surface area contributed by atoms with Crippen LogP contribution in [0.2, 0.25) is 0 Å². The monoisotopic (exact) mass is 293 g/mol. The summed E-state index contributed by atoms with van der Waals surface area (Å²) >= 11 is 0. The van der Waals surface area contributed by atoms with Crippen molar-refractivity contribution in [1.29, 1.82) is 0 Å². The molecule has 112 valence electrons. The van der Waals surface area contributed by atoms with E-state index >= 15 is 0 Å². The summed E-state index contributed by atoms with van der Waals surface area (Å²) in [5.74, 6) is 5.27. The lowest BCUT2D eigenvalue weighted by molar-refractivity contribution is 0.285. The van der Waals surface area contributed by atoms with E-state index in [0.29, 0.717) is 12.2 Å². The SMILES string of the molecule is CCCOc1nc(NN)nc(Oc2ccc(C)c(F)c2)n1. The molecule has 0 spiro atoms. The van der Waals surface area contributed by atoms with Crippen molar-refractivity contribution < 1.29 is 13.9 Å². The van der Waals surface area contributed by atoms with Crippen LogP contribution in [0.15, 0.2) is 18.2 Å². The normalized spacial score (nSPS) is 10.3. The first-order valence-corrected chi connectivity index (χ1v) is 6.42. The number of nitrogens with two attached hydrogens (primary N) is 1. The van der Waals surface area contributed by atoms with E-state index in [0.717, 1.165) is 6.42 Å². The van der Waals surface area contributed by atoms with Crippen molar-refractivity contribution in [2.45, 2.75) is 20.3 Å². The van der Waals surface area contributed by atoms with Crippen LogP contribution >= 0.6 is 0 Å². The number of aryl methyl sites for hydroxylation is 1. The van der Waals surface area contributed by atoms with E-state index in [2.05, 4.69) is 20.4 Å². The van der Waals surface area contributed by atoms with Crippen molar-refractivity contribution in [3.63, 3.8) is 0 Å². The fourth-order valence-electron chi connectivity index (χ4n) is 1.45. The number of nitrogens with one attached hydrogen (secondary N) is 1. The van der Waals surface area contributed by atoms with E-state index in [4.69, 9.17) is 15.3 Å². The Hall–Kier alpha value is -2.48. The van der Waals surface area contributed by atoms with Gasteiger partial charge in [-0.2, -0.15) is 9.97 Å². The summed E-state index contributed by atoms with van der Waals surface area (Å²) in [5.41, 5.74) is 2.82. The van der Waals surface area contributed by atoms with E-state index in [-0.39, 0.29) is 29.5 Å². The number of rotatable bonds is 6. The number of halogens is 1. The van der Waals surface area contributed by atoms with E-state index in [1.54, 1.807) is 19.1 Å². The van der Waals surface area contributed by atoms with E-state index in [1.807, 2.05) is 6.92 Å². The second kappa shape index (κ2) is 6.80. The van der Waals surface area contributed by atoms with Gasteiger partial charge in [0.15, 0.2) is 0 Å². The number of hydrazine groups is 1. The molecular formula is C13H16FN5O2. The first-order valence-electron chi connectivity index (χ1n) is 6.42. The highest BCUT2D eigenvalue weighted by Gasteiger charge is 2.10. The van der Waals surface area contributed by atoms with Crippen molar-refractivity contribution in [2.24, 2.45) is 5.84 Å². The van der Waals surface area contributed by atoms with Crippen LogP contribution in [0.4, 0.5) is 10.3 Å². The average Bonchev–Trinajstić information content (AvgIpc) is 2.48. The Morgan fingerprint density at radius 1 is 1.24 bits per heavy atom. The molecule has 0 aliphatic heterocycles. The molecule has 1 aromatic heterocycles. The molecule has 0 atom stereocenters. The van der Waals surface area contributed by atoms with Gasteiger partial charge in [0, 0.05) is 6.07 Å². The standard InChI is InChI=1S/C13H16FN5O2/c1-3-6-20-12-16-11(19-15)17-13(18-12)21-9-5-4-8(2)10(14)7-9/h4-5,7H,3,6,15H2,1-2H3,(H,16,17,18,19). The third kappa shape index (κ3) is 3.99. The lowest BCUT2D eigenvalue weighted by Gasteiger charge is -2.08. The largest absolute Gasteiger partial charge is 0.463 e. The van der Waals surface area contributed by atoms with Crippen molar-refractivity contribution in [2.75, 3.05) is 12.0 Å². The second-order valence-electron chi connectivity index (χ2n) is 4.23. The fourth-order valence-corrected chi connectivity index (χ4v) is 1.45. The molecule has 7 nitrogen and oxygen atoms in total. The van der Waals surface area contributed by atoms with Gasteiger partial charge in [-0.15, -0.1) is 4.98 Å². The van der Waals surface area contributed by atoms with Crippen molar-refractivity contribution in [1.82, 2.24) is 15.0 Å². The molecule has 1 aromatic carbocycles. The van der Waals surface area contributed by atoms with Crippen molar-refractivity contribution >= 4 is 5.95 Å². The molecule has 0 radical (unpaired) electrons. The number of benzene rings is 1. The lowest BCUT2D eigenvalue weighted by atomic mass is 10.2. The third-order valence-corrected chi connectivity index (χ3v) is 2.51. The molecule has 0 saturated heterocycles. The minimum absolute atomic E-state index is 0.0349. The number of nitrogens with zero attached hydrogens (tertiary/aromatic N) is 3. The Morgan fingerprint density at radius 3 is 2.67 bits per heavy atom. The average molecular weight is 293 g/mol. The molecular weight excluding hydrogens is 277 g/mol. The predicted octanol–water partition coefficient (Wildman–Crippen LogP) is 2.19. The maximum atomic E-state index is 13.5. The zero-order valence-corrected chi connectivity index (χ0v) is 11.8. The molecule has 3 N–H and O–H groups in total. The van der Waals surface area contributed by atoms with Crippen molar-refractivity contribution in [3.8, 4) is 17.8 Å². The Balaban J connectivity index is 2.23. The first kappa shape index (κ1) is 14.9. The summed E-state index contributed by atoms with van der Waals surface area (Å²) in [6.45, 7) is 4.07. The molecule has 0 saturated carbocycles. The number of anilines is 1. The molecule has 2 aromatic rings. The van der Waals surface area contributed by atoms with Crippen LogP contribution in [0, 0.1) is 12.7 Å². The minimum atomic E-state index is -0.374. The van der Waals surface area contributed by atoms with Crippen LogP contribution in [0.25, 0.3) is 0 Å². The fraction of sp³-hybridized carbons (Fsp3) is 0.308. The van der Waals surface area contributed by atoms with E-state index in [1.165, 1.54) is 6.07 Å². The van der Waals surface area contributed by atoms with Gasteiger partial charge in [-0.1, -0.05) is 13.0 Å². The van der Waals surface area contributed by atoms with Crippen LogP contribution in [0.3, 0.4) is 0 Å². The first-order chi connectivity index (χ1) is 10.1. The minimum Gasteiger partial charge on any atom is -0.463 e. The Morgan fingerprint density at radius 2 is 2.00 bits per heavy atom. The number of nitrogen functional groups attached to an aromatic ring is 1. The van der Waals surface area contributed by atoms with Crippen LogP contribution in [-0.2, 0) is 0 Å². The van der Waals surface area contributed by atoms with Gasteiger partial charge in [0.1, 0.15) is 11.6 Å². The Labute approximate surface area is 121 Å². The summed E-state index contributed by atoms with van der Waals surface area (Å²) < 4.78 is 24.2. The van der Waals surface area contributed by atoms with Gasteiger partial charge in [-0.3, -0.25) is 5.43 Å². The van der Waals surface area contributed by atoms with Gasteiger partial charge in [0.2, 0.25) is 5.95 Å². The predicted molar refractivity (Wildman–Crippen MR) is 74.6 cm³/mol. The van der Waals surface area contributed by atoms with Gasteiger partial charge in [0.25, 0.3) is 0 Å². The van der Waals surface area contributed by atoms with Gasteiger partial charge in [-0.25, -0.2) is 10.2 Å². The highest BCUT2D eigenvalue weighted by atomic mass is 19.1. The summed E-state index contributed by atoms with van der Waals surface area (Å²) in [6.07, 6.45) is 0.802. The van der Waals surface area contributed by atoms with Gasteiger partial charge < -0.3 is 9.47 Å². The number of hydrogen-bond donors (Lipinski definition) is 2. The van der Waals surface area contributed by atoms with E-state index in [9.17, 15) is 4.39 Å². The van der Waals surface area contributed by atoms with Crippen LogP contribution in [0.1, 0.15) is 18.9 Å². The van der Waals surface area contributed by atoms with Crippen LogP contribution in [0.5, 0.6) is 17.8 Å². The number of ether oxygens (including phenoxy) is 2. The Kier molecular flexibility index (Phi) is 4.83. The highest BCUT2D eigenvalue weighted by Crippen LogP contribution is 2.22. The van der Waals surface area contributed by atoms with Crippen LogP contribution in [-0.4, -0.2) is 21.6 Å². The molecule has 21 heavy (non-hydrogen) atoms. The van der Waals surface area contributed by atoms with Crippen molar-refractivity contribution in [3.05, 3.63) is 29.6 Å².